The van der Waals surface area contributed by atoms with Crippen molar-refractivity contribution in [2.45, 2.75) is 123 Å². The molecule has 2 aromatic rings. The van der Waals surface area contributed by atoms with E-state index in [1.54, 1.807) is 0 Å². The highest BCUT2D eigenvalue weighted by Gasteiger charge is 2.71. The highest BCUT2D eigenvalue weighted by atomic mass is 28.4. The van der Waals surface area contributed by atoms with Crippen molar-refractivity contribution in [3.05, 3.63) is 60.7 Å². The van der Waals surface area contributed by atoms with Gasteiger partial charge in [0, 0.05) is 17.8 Å². The van der Waals surface area contributed by atoms with Crippen LogP contribution in [0, 0.1) is 34.0 Å². The summed E-state index contributed by atoms with van der Waals surface area (Å²) in [7, 11) is -4.88. The first kappa shape index (κ1) is 34.8. The van der Waals surface area contributed by atoms with Crippen molar-refractivity contribution in [2.75, 3.05) is 6.61 Å². The van der Waals surface area contributed by atoms with Crippen molar-refractivity contribution < 1.29 is 23.2 Å². The summed E-state index contributed by atoms with van der Waals surface area (Å²) in [4.78, 5) is 28.4. The Morgan fingerprint density at radius 3 is 2.15 bits per heavy atom. The van der Waals surface area contributed by atoms with Gasteiger partial charge in [0.15, 0.2) is 8.32 Å². The van der Waals surface area contributed by atoms with E-state index in [1.165, 1.54) is 0 Å². The Morgan fingerprint density at radius 2 is 1.60 bits per heavy atom. The summed E-state index contributed by atoms with van der Waals surface area (Å²) in [5.74, 6) is 0.505. The molecule has 3 saturated carbocycles. The van der Waals surface area contributed by atoms with Crippen LogP contribution in [-0.4, -0.2) is 47.2 Å². The second-order valence-electron chi connectivity index (χ2n) is 17.6. The number of Topliss-reactive ketones (excluding diaryl/α,β-unsaturated/α-hetero) is 1. The maximum atomic E-state index is 14.4. The van der Waals surface area contributed by atoms with Gasteiger partial charge in [-0.15, -0.1) is 0 Å². The Balaban J connectivity index is 1.39. The molecule has 1 heterocycles. The summed E-state index contributed by atoms with van der Waals surface area (Å²) in [5.41, 5.74) is -0.607. The van der Waals surface area contributed by atoms with Crippen molar-refractivity contribution in [3.63, 3.8) is 0 Å². The molecule has 7 heteroatoms. The summed E-state index contributed by atoms with van der Waals surface area (Å²) >= 11 is 0. The lowest BCUT2D eigenvalue weighted by atomic mass is 9.43. The zero-order chi connectivity index (χ0) is 34.0. The first-order chi connectivity index (χ1) is 22.1. The minimum Gasteiger partial charge on any atom is -0.460 e. The van der Waals surface area contributed by atoms with Gasteiger partial charge in [-0.25, -0.2) is 4.79 Å². The van der Waals surface area contributed by atoms with E-state index in [2.05, 4.69) is 110 Å². The number of rotatable bonds is 7. The van der Waals surface area contributed by atoms with Gasteiger partial charge in [0.05, 0.1) is 6.10 Å². The third-order valence-electron chi connectivity index (χ3n) is 13.7. The number of carbonyl (C=O) groups is 2. The third kappa shape index (κ3) is 5.37. The molecule has 256 valence electrons. The minimum absolute atomic E-state index is 0.0686. The fourth-order valence-electron chi connectivity index (χ4n) is 11.4. The van der Waals surface area contributed by atoms with Crippen LogP contribution < -0.4 is 10.4 Å². The number of hydrogen-bond donors (Lipinski definition) is 0. The van der Waals surface area contributed by atoms with Crippen LogP contribution in [0.25, 0.3) is 0 Å². The van der Waals surface area contributed by atoms with E-state index >= 15 is 0 Å². The van der Waals surface area contributed by atoms with Crippen LogP contribution >= 0.6 is 0 Å². The molecular formula is C40H58O5Si2. The fourth-order valence-corrected chi connectivity index (χ4v) is 19.4. The van der Waals surface area contributed by atoms with E-state index in [-0.39, 0.29) is 52.5 Å². The average molecular weight is 675 g/mol. The number of ether oxygens (including phenoxy) is 1. The van der Waals surface area contributed by atoms with Crippen LogP contribution in [0.3, 0.4) is 0 Å². The molecule has 1 aliphatic heterocycles. The van der Waals surface area contributed by atoms with E-state index in [4.69, 9.17) is 13.6 Å². The lowest BCUT2D eigenvalue weighted by Crippen LogP contribution is -2.67. The van der Waals surface area contributed by atoms with Crippen molar-refractivity contribution in [2.24, 2.45) is 34.0 Å². The van der Waals surface area contributed by atoms with Gasteiger partial charge in [-0.2, -0.15) is 0 Å². The average Bonchev–Trinajstić information content (AvgIpc) is 3.52. The maximum absolute atomic E-state index is 14.4. The zero-order valence-electron chi connectivity index (χ0n) is 30.4. The normalized spacial score (nSPS) is 36.6. The molecule has 2 bridgehead atoms. The molecule has 0 radical (unpaired) electrons. The number of benzene rings is 2. The molecular weight excluding hydrogens is 617 g/mol. The van der Waals surface area contributed by atoms with Gasteiger partial charge in [-0.1, -0.05) is 109 Å². The summed E-state index contributed by atoms with van der Waals surface area (Å²) in [6.07, 6.45) is 5.12. The number of ketones is 1. The van der Waals surface area contributed by atoms with Crippen molar-refractivity contribution in [3.8, 4) is 0 Å². The lowest BCUT2D eigenvalue weighted by molar-refractivity contribution is -0.206. The van der Waals surface area contributed by atoms with E-state index < -0.39 is 22.0 Å². The van der Waals surface area contributed by atoms with Gasteiger partial charge in [-0.05, 0) is 89.3 Å². The molecule has 5 nitrogen and oxygen atoms in total. The molecule has 0 N–H and O–H groups in total. The number of hydrogen-bond acceptors (Lipinski definition) is 5. The van der Waals surface area contributed by atoms with Crippen molar-refractivity contribution >= 4 is 38.8 Å². The Bertz CT molecular complexity index is 1430. The Kier molecular flexibility index (Phi) is 8.93. The highest BCUT2D eigenvalue weighted by Crippen LogP contribution is 2.70. The molecule has 0 spiro atoms. The Hall–Kier alpha value is -2.07. The van der Waals surface area contributed by atoms with E-state index in [0.29, 0.717) is 18.1 Å². The maximum Gasteiger partial charge on any atom is 0.331 e. The van der Waals surface area contributed by atoms with Crippen LogP contribution in [-0.2, 0) is 23.2 Å². The predicted molar refractivity (Wildman–Crippen MR) is 194 cm³/mol. The molecule has 47 heavy (non-hydrogen) atoms. The lowest BCUT2D eigenvalue weighted by Gasteiger charge is -2.62. The second-order valence-corrected chi connectivity index (χ2v) is 26.0. The monoisotopic (exact) mass is 674 g/mol. The topological polar surface area (TPSA) is 61.8 Å². The smallest absolute Gasteiger partial charge is 0.331 e. The zero-order valence-corrected chi connectivity index (χ0v) is 32.4. The van der Waals surface area contributed by atoms with Gasteiger partial charge >= 0.3 is 5.97 Å². The summed E-state index contributed by atoms with van der Waals surface area (Å²) in [6, 6.07) is 22.0. The molecule has 6 rings (SSSR count). The van der Waals surface area contributed by atoms with E-state index in [1.807, 2.05) is 12.1 Å². The molecule has 1 saturated heterocycles. The van der Waals surface area contributed by atoms with Gasteiger partial charge in [0.2, 0.25) is 0 Å². The third-order valence-corrected chi connectivity index (χ3v) is 21.2. The van der Waals surface area contributed by atoms with E-state index in [9.17, 15) is 9.59 Å². The second kappa shape index (κ2) is 12.1. The molecule has 3 aliphatic carbocycles. The largest absolute Gasteiger partial charge is 0.460 e. The van der Waals surface area contributed by atoms with Crippen molar-refractivity contribution in [1.82, 2.24) is 0 Å². The van der Waals surface area contributed by atoms with Crippen molar-refractivity contribution in [1.29, 1.82) is 0 Å². The fraction of sp³-hybridized carbons (Fsp3) is 0.650. The van der Waals surface area contributed by atoms with E-state index in [0.717, 1.165) is 48.5 Å². The van der Waals surface area contributed by atoms with Gasteiger partial charge in [0.25, 0.3) is 8.32 Å². The Labute approximate surface area is 285 Å². The highest BCUT2D eigenvalue weighted by molar-refractivity contribution is 6.99. The molecule has 2 aromatic carbocycles. The molecule has 0 amide bonds. The first-order valence-corrected chi connectivity index (χ1v) is 23.2. The minimum atomic E-state index is -2.93. The van der Waals surface area contributed by atoms with Crippen LogP contribution in [0.5, 0.6) is 0 Å². The van der Waals surface area contributed by atoms with Crippen LogP contribution in [0.15, 0.2) is 60.7 Å². The molecule has 0 aromatic heterocycles. The first-order valence-electron chi connectivity index (χ1n) is 18.2. The standard InChI is InChI=1S/C40H58O5Si2/c1-10-39-25-33(38(7)28(2)21-23-40(24-22-32(41)35(38)40)29(3)36(39)45-46(8,9)27-39)44-34(42)26-43-47(37(4,5)6,30-17-13-11-14-18-30)31-19-15-12-16-20-31/h11-20,28-29,33,35-36H,10,21-27H2,1-9H3/t28-,29+,33-,35?,36+,38+,39-,40-/m1/s1. The van der Waals surface area contributed by atoms with Gasteiger partial charge < -0.3 is 13.6 Å². The summed E-state index contributed by atoms with van der Waals surface area (Å²) in [5, 5.41) is 2.04. The molecule has 8 atom stereocenters. The van der Waals surface area contributed by atoms with Crippen LogP contribution in [0.4, 0.5) is 0 Å². The number of fused-ring (bicyclic) bond motifs is 1. The Morgan fingerprint density at radius 1 is 1.00 bits per heavy atom. The molecule has 4 aliphatic rings. The van der Waals surface area contributed by atoms with Crippen LogP contribution in [0.2, 0.25) is 24.2 Å². The molecule has 1 unspecified atom stereocenters. The SMILES string of the molecule is CC[C@]12C[C@@H](OC(=O)CO[Si](c3ccccc3)(c3ccccc3)C(C)(C)C)[C@@]3(C)C4C(=O)CC[C@]4(CC[C@H]3C)[C@@H](C)[C@@H]1O[Si](C)(C)C2. The quantitative estimate of drug-likeness (QED) is 0.221. The number of carbonyl (C=O) groups excluding carboxylic acids is 2. The van der Waals surface area contributed by atoms with Gasteiger partial charge in [-0.3, -0.25) is 4.79 Å². The molecule has 4 fully saturated rings. The van der Waals surface area contributed by atoms with Crippen LogP contribution in [0.1, 0.15) is 87.0 Å². The summed E-state index contributed by atoms with van der Waals surface area (Å²) < 4.78 is 21.0. The number of esters is 1. The van der Waals surface area contributed by atoms with Gasteiger partial charge in [0.1, 0.15) is 18.5 Å². The summed E-state index contributed by atoms with van der Waals surface area (Å²) in [6.45, 7) is 20.6. The predicted octanol–water partition coefficient (Wildman–Crippen LogP) is 7.92.